The fraction of sp³-hybridized carbons (Fsp3) is 0.0909. The lowest BCUT2D eigenvalue weighted by Gasteiger charge is -2.13. The zero-order valence-corrected chi connectivity index (χ0v) is 25.6. The minimum atomic E-state index is -0.713. The van der Waals surface area contributed by atoms with Gasteiger partial charge in [-0.15, -0.1) is 0 Å². The molecule has 4 rings (SSSR count). The molecule has 0 aliphatic heterocycles. The van der Waals surface area contributed by atoms with Crippen molar-refractivity contribution < 1.29 is 28.2 Å². The van der Waals surface area contributed by atoms with Crippen LogP contribution in [0.5, 0.6) is 11.5 Å². The van der Waals surface area contributed by atoms with Gasteiger partial charge in [-0.25, -0.2) is 14.6 Å². The normalized spacial score (nSPS) is 11.2. The maximum atomic E-state index is 13.7. The van der Waals surface area contributed by atoms with Crippen molar-refractivity contribution >= 4 is 51.7 Å². The van der Waals surface area contributed by atoms with E-state index in [0.717, 1.165) is 16.2 Å². The van der Waals surface area contributed by atoms with E-state index in [0.29, 0.717) is 16.7 Å². The molecule has 224 valence electrons. The number of hydrogen-bond acceptors (Lipinski definition) is 7. The number of rotatable bonds is 10. The van der Waals surface area contributed by atoms with E-state index in [2.05, 4.69) is 31.8 Å². The number of benzene rings is 4. The predicted molar refractivity (Wildman–Crippen MR) is 170 cm³/mol. The number of anilines is 1. The first-order valence-electron chi connectivity index (χ1n) is 13.2. The predicted octanol–water partition coefficient (Wildman–Crippen LogP) is 5.80. The Hall–Kier alpha value is -5.29. The van der Waals surface area contributed by atoms with Crippen LogP contribution in [0.4, 0.5) is 10.1 Å². The number of amides is 2. The van der Waals surface area contributed by atoms with E-state index in [-0.39, 0.29) is 22.8 Å². The Balaban J connectivity index is 1.50. The van der Waals surface area contributed by atoms with Gasteiger partial charge in [0.15, 0.2) is 11.5 Å². The van der Waals surface area contributed by atoms with Gasteiger partial charge >= 0.3 is 5.97 Å². The van der Waals surface area contributed by atoms with E-state index in [1.54, 1.807) is 54.6 Å². The fourth-order valence-corrected chi connectivity index (χ4v) is 4.10. The monoisotopic (exact) mass is 658 g/mol. The minimum Gasteiger partial charge on any atom is -0.493 e. The SMILES string of the molecule is COc1cc(C=NNC(=O)C(=Cc2ccc(N(C)C)cc2)NC(=O)c2cccc(F)c2)ccc1OC(=O)c1ccc(Br)cc1. The summed E-state index contributed by atoms with van der Waals surface area (Å²) in [6.07, 6.45) is 2.84. The van der Waals surface area contributed by atoms with E-state index in [1.807, 2.05) is 31.1 Å². The molecule has 2 amide bonds. The second-order valence-corrected chi connectivity index (χ2v) is 10.4. The van der Waals surface area contributed by atoms with Crippen molar-refractivity contribution in [2.75, 3.05) is 26.1 Å². The van der Waals surface area contributed by atoms with Gasteiger partial charge < -0.3 is 19.7 Å². The number of hydrogen-bond donors (Lipinski definition) is 2. The first-order chi connectivity index (χ1) is 21.1. The van der Waals surface area contributed by atoms with Gasteiger partial charge in [-0.3, -0.25) is 9.59 Å². The van der Waals surface area contributed by atoms with Crippen molar-refractivity contribution in [3.05, 3.63) is 129 Å². The molecule has 0 spiro atoms. The highest BCUT2D eigenvalue weighted by molar-refractivity contribution is 9.10. The molecule has 0 aliphatic rings. The summed E-state index contributed by atoms with van der Waals surface area (Å²) in [5.41, 5.74) is 4.81. The Bertz CT molecular complexity index is 1720. The lowest BCUT2D eigenvalue weighted by Crippen LogP contribution is -2.32. The molecule has 9 nitrogen and oxygen atoms in total. The number of carbonyl (C=O) groups excluding carboxylic acids is 3. The van der Waals surface area contributed by atoms with Crippen LogP contribution in [0.2, 0.25) is 0 Å². The molecule has 0 aromatic heterocycles. The van der Waals surface area contributed by atoms with Gasteiger partial charge in [-0.2, -0.15) is 5.10 Å². The number of methoxy groups -OCH3 is 1. The van der Waals surface area contributed by atoms with Gasteiger partial charge in [0, 0.05) is 29.8 Å². The number of esters is 1. The summed E-state index contributed by atoms with van der Waals surface area (Å²) >= 11 is 3.33. The first-order valence-corrected chi connectivity index (χ1v) is 14.0. The van der Waals surface area contributed by atoms with Crippen LogP contribution in [0.15, 0.2) is 106 Å². The van der Waals surface area contributed by atoms with Crippen molar-refractivity contribution in [2.24, 2.45) is 5.10 Å². The van der Waals surface area contributed by atoms with Gasteiger partial charge in [0.25, 0.3) is 11.8 Å². The molecule has 0 heterocycles. The molecule has 0 aliphatic carbocycles. The number of halogens is 2. The van der Waals surface area contributed by atoms with Crippen molar-refractivity contribution in [3.8, 4) is 11.5 Å². The van der Waals surface area contributed by atoms with Gasteiger partial charge in [-0.05, 0) is 90.0 Å². The Labute approximate surface area is 262 Å². The smallest absolute Gasteiger partial charge is 0.343 e. The first kappa shape index (κ1) is 31.6. The zero-order chi connectivity index (χ0) is 31.6. The maximum absolute atomic E-state index is 13.7. The van der Waals surface area contributed by atoms with E-state index in [9.17, 15) is 18.8 Å². The summed E-state index contributed by atoms with van der Waals surface area (Å²) in [7, 11) is 5.24. The standard InChI is InChI=1S/C33H28BrFN4O5/c1-39(2)27-14-7-21(8-15-27)17-28(37-31(40)24-5-4-6-26(35)19-24)32(41)38-36-20-22-9-16-29(30(18-22)43-3)44-33(42)23-10-12-25(34)13-11-23/h4-20H,1-3H3,(H,37,40)(H,38,41). The van der Waals surface area contributed by atoms with E-state index < -0.39 is 23.6 Å². The fourth-order valence-electron chi connectivity index (χ4n) is 3.84. The Morgan fingerprint density at radius 1 is 0.864 bits per heavy atom. The summed E-state index contributed by atoms with van der Waals surface area (Å²) in [4.78, 5) is 40.4. The molecule has 0 bridgehead atoms. The van der Waals surface area contributed by atoms with Crippen molar-refractivity contribution in [3.63, 3.8) is 0 Å². The van der Waals surface area contributed by atoms with Crippen LogP contribution in [0, 0.1) is 5.82 Å². The van der Waals surface area contributed by atoms with Crippen LogP contribution in [-0.4, -0.2) is 45.2 Å². The number of hydrazone groups is 1. The number of nitrogens with zero attached hydrogens (tertiary/aromatic N) is 2. The molecular formula is C33H28BrFN4O5. The molecule has 2 N–H and O–H groups in total. The van der Waals surface area contributed by atoms with E-state index in [4.69, 9.17) is 9.47 Å². The second kappa shape index (κ2) is 14.7. The minimum absolute atomic E-state index is 0.0446. The highest BCUT2D eigenvalue weighted by Gasteiger charge is 2.16. The molecule has 0 saturated carbocycles. The zero-order valence-electron chi connectivity index (χ0n) is 24.0. The second-order valence-electron chi connectivity index (χ2n) is 9.51. The molecule has 44 heavy (non-hydrogen) atoms. The van der Waals surface area contributed by atoms with Crippen LogP contribution < -0.4 is 25.1 Å². The molecule has 11 heteroatoms. The maximum Gasteiger partial charge on any atom is 0.343 e. The average Bonchev–Trinajstić information content (AvgIpc) is 3.01. The topological polar surface area (TPSA) is 109 Å². The largest absolute Gasteiger partial charge is 0.493 e. The summed E-state index contributed by atoms with van der Waals surface area (Å²) in [5, 5.41) is 6.55. The lowest BCUT2D eigenvalue weighted by atomic mass is 10.1. The Morgan fingerprint density at radius 2 is 1.57 bits per heavy atom. The molecule has 0 radical (unpaired) electrons. The van der Waals surface area contributed by atoms with Crippen molar-refractivity contribution in [1.29, 1.82) is 0 Å². The molecule has 0 atom stereocenters. The molecule has 4 aromatic carbocycles. The lowest BCUT2D eigenvalue weighted by molar-refractivity contribution is -0.117. The molecule has 0 fully saturated rings. The van der Waals surface area contributed by atoms with Crippen LogP contribution >= 0.6 is 15.9 Å². The summed E-state index contributed by atoms with van der Waals surface area (Å²) in [6.45, 7) is 0. The third-order valence-corrected chi connectivity index (χ3v) is 6.68. The van der Waals surface area contributed by atoms with Gasteiger partial charge in [0.05, 0.1) is 18.9 Å². The van der Waals surface area contributed by atoms with Crippen LogP contribution in [0.25, 0.3) is 6.08 Å². The van der Waals surface area contributed by atoms with E-state index in [1.165, 1.54) is 37.6 Å². The van der Waals surface area contributed by atoms with Gasteiger partial charge in [0.2, 0.25) is 0 Å². The average molecular weight is 660 g/mol. The number of carbonyl (C=O) groups is 3. The van der Waals surface area contributed by atoms with Crippen LogP contribution in [0.1, 0.15) is 31.8 Å². The number of ether oxygens (including phenoxy) is 2. The van der Waals surface area contributed by atoms with Crippen LogP contribution in [0.3, 0.4) is 0 Å². The third-order valence-electron chi connectivity index (χ3n) is 6.15. The molecular weight excluding hydrogens is 631 g/mol. The Morgan fingerprint density at radius 3 is 2.23 bits per heavy atom. The summed E-state index contributed by atoms with van der Waals surface area (Å²) in [6, 6.07) is 23.9. The highest BCUT2D eigenvalue weighted by atomic mass is 79.9. The van der Waals surface area contributed by atoms with Crippen molar-refractivity contribution in [1.82, 2.24) is 10.7 Å². The van der Waals surface area contributed by atoms with Crippen molar-refractivity contribution in [2.45, 2.75) is 0 Å². The highest BCUT2D eigenvalue weighted by Crippen LogP contribution is 2.28. The van der Waals surface area contributed by atoms with E-state index >= 15 is 0 Å². The summed E-state index contributed by atoms with van der Waals surface area (Å²) in [5.74, 6) is -2.05. The molecule has 4 aromatic rings. The van der Waals surface area contributed by atoms with Gasteiger partial charge in [-0.1, -0.05) is 34.1 Å². The number of nitrogens with one attached hydrogen (secondary N) is 2. The molecule has 0 saturated heterocycles. The third kappa shape index (κ3) is 8.62. The molecule has 0 unspecified atom stereocenters. The van der Waals surface area contributed by atoms with Crippen LogP contribution in [-0.2, 0) is 4.79 Å². The van der Waals surface area contributed by atoms with Gasteiger partial charge in [0.1, 0.15) is 11.5 Å². The summed E-state index contributed by atoms with van der Waals surface area (Å²) < 4.78 is 25.4. The quantitative estimate of drug-likeness (QED) is 0.0733. The Kier molecular flexibility index (Phi) is 10.6.